The molecule has 1 saturated heterocycles. The molecule has 1 unspecified atom stereocenters. The van der Waals surface area contributed by atoms with Gasteiger partial charge in [0, 0.05) is 0 Å². The first kappa shape index (κ1) is 6.81. The zero-order chi connectivity index (χ0) is 5.98. The van der Waals surface area contributed by atoms with Crippen LogP contribution in [0, 0.1) is 0 Å². The van der Waals surface area contributed by atoms with Gasteiger partial charge in [0.2, 0.25) is 0 Å². The third-order valence-electron chi connectivity index (χ3n) is 0.853. The van der Waals surface area contributed by atoms with Crippen molar-refractivity contribution in [1.29, 1.82) is 0 Å². The Morgan fingerprint density at radius 3 is 2.25 bits per heavy atom. The van der Waals surface area contributed by atoms with E-state index in [9.17, 15) is 0 Å². The second-order valence-corrected chi connectivity index (χ2v) is 3.43. The Kier molecular flexibility index (Phi) is 2.56. The lowest BCUT2D eigenvalue weighted by molar-refractivity contribution is -0.0275. The Bertz CT molecular complexity index is 72.4. The predicted molar refractivity (Wildman–Crippen MR) is 34.3 cm³/mol. The van der Waals surface area contributed by atoms with Gasteiger partial charge in [-0.25, -0.2) is 0 Å². The van der Waals surface area contributed by atoms with Crippen molar-refractivity contribution in [2.45, 2.75) is 10.6 Å². The van der Waals surface area contributed by atoms with Gasteiger partial charge in [-0.15, -0.1) is 11.6 Å². The largest absolute Gasteiger partial charge is 0.348 e. The Hall–Kier alpha value is 0.690. The maximum absolute atomic E-state index is 5.55. The van der Waals surface area contributed by atoms with Crippen LogP contribution in [0.5, 0.6) is 0 Å². The zero-order valence-electron chi connectivity index (χ0n) is 4.14. The molecule has 0 aromatic heterocycles. The minimum absolute atomic E-state index is 0.218. The molecule has 0 N–H and O–H groups in total. The molecule has 0 saturated carbocycles. The third-order valence-corrected chi connectivity index (χ3v) is 1.49. The highest BCUT2D eigenvalue weighted by Gasteiger charge is 2.21. The molecular formula is C4H6BrClO2. The second kappa shape index (κ2) is 3.01. The van der Waals surface area contributed by atoms with Crippen LogP contribution < -0.4 is 0 Å². The lowest BCUT2D eigenvalue weighted by Gasteiger charge is -2.07. The Morgan fingerprint density at radius 1 is 1.50 bits per heavy atom. The van der Waals surface area contributed by atoms with Crippen LogP contribution in [0.1, 0.15) is 0 Å². The van der Waals surface area contributed by atoms with Gasteiger partial charge < -0.3 is 9.47 Å². The Balaban J connectivity index is 2.24. The highest BCUT2D eigenvalue weighted by molar-refractivity contribution is 9.10. The molecule has 2 nitrogen and oxygen atoms in total. The number of rotatable bonds is 1. The van der Waals surface area contributed by atoms with E-state index in [-0.39, 0.29) is 10.6 Å². The van der Waals surface area contributed by atoms with Crippen LogP contribution in [0.15, 0.2) is 0 Å². The minimum Gasteiger partial charge on any atom is -0.348 e. The number of ether oxygens (including phenoxy) is 2. The molecule has 4 heteroatoms. The van der Waals surface area contributed by atoms with Gasteiger partial charge in [0.25, 0.3) is 0 Å². The van der Waals surface area contributed by atoms with Crippen LogP contribution in [0.4, 0.5) is 0 Å². The number of hydrogen-bond acceptors (Lipinski definition) is 2. The smallest absolute Gasteiger partial charge is 0.183 e. The zero-order valence-corrected chi connectivity index (χ0v) is 6.48. The quantitative estimate of drug-likeness (QED) is 0.596. The third kappa shape index (κ3) is 1.58. The monoisotopic (exact) mass is 200 g/mol. The molecule has 1 atom stereocenters. The molecule has 1 fully saturated rings. The molecule has 0 radical (unpaired) electrons. The summed E-state index contributed by atoms with van der Waals surface area (Å²) in [6, 6.07) is 0. The molecule has 8 heavy (non-hydrogen) atoms. The van der Waals surface area contributed by atoms with Crippen LogP contribution in [-0.2, 0) is 9.47 Å². The van der Waals surface area contributed by atoms with Crippen molar-refractivity contribution in [3.63, 3.8) is 0 Å². The summed E-state index contributed by atoms with van der Waals surface area (Å²) in [5, 5.41) is 0. The van der Waals surface area contributed by atoms with Gasteiger partial charge in [-0.05, 0) is 0 Å². The number of hydrogen-bond donors (Lipinski definition) is 0. The highest BCUT2D eigenvalue weighted by Crippen LogP contribution is 2.18. The number of alkyl halides is 2. The fourth-order valence-electron chi connectivity index (χ4n) is 0.522. The molecule has 0 aromatic carbocycles. The Morgan fingerprint density at radius 2 is 2.00 bits per heavy atom. The maximum Gasteiger partial charge on any atom is 0.183 e. The fraction of sp³-hybridized carbons (Fsp3) is 1.00. The van der Waals surface area contributed by atoms with E-state index in [0.29, 0.717) is 13.2 Å². The first-order valence-corrected chi connectivity index (χ1v) is 3.67. The van der Waals surface area contributed by atoms with Crippen LogP contribution in [0.25, 0.3) is 0 Å². The number of halogens is 2. The van der Waals surface area contributed by atoms with E-state index in [2.05, 4.69) is 15.9 Å². The summed E-state index contributed by atoms with van der Waals surface area (Å²) in [5.41, 5.74) is 0. The summed E-state index contributed by atoms with van der Waals surface area (Å²) in [6.45, 7) is 1.30. The van der Waals surface area contributed by atoms with Crippen LogP contribution in [-0.4, -0.2) is 23.8 Å². The molecule has 1 aliphatic heterocycles. The predicted octanol–water partition coefficient (Wildman–Crippen LogP) is 1.32. The Labute approximate surface area is 61.2 Å². The van der Waals surface area contributed by atoms with E-state index in [1.165, 1.54) is 0 Å². The summed E-state index contributed by atoms with van der Waals surface area (Å²) >= 11 is 8.67. The van der Waals surface area contributed by atoms with Gasteiger partial charge in [0.1, 0.15) is 4.29 Å². The van der Waals surface area contributed by atoms with E-state index in [1.54, 1.807) is 0 Å². The summed E-state index contributed by atoms with van der Waals surface area (Å²) in [7, 11) is 0. The van der Waals surface area contributed by atoms with Crippen molar-refractivity contribution in [2.75, 3.05) is 13.2 Å². The van der Waals surface area contributed by atoms with E-state index in [0.717, 1.165) is 0 Å². The summed E-state index contributed by atoms with van der Waals surface area (Å²) in [6.07, 6.45) is -0.253. The minimum atomic E-state index is -0.253. The molecular weight excluding hydrogens is 195 g/mol. The average Bonchev–Trinajstić information content (AvgIpc) is 2.12. The van der Waals surface area contributed by atoms with E-state index in [4.69, 9.17) is 21.1 Å². The highest BCUT2D eigenvalue weighted by atomic mass is 79.9. The topological polar surface area (TPSA) is 18.5 Å². The SMILES string of the molecule is ClC(Br)C1OCCO1. The standard InChI is InChI=1S/C4H6BrClO2/c5-3(6)4-7-1-2-8-4/h3-4H,1-2H2. The summed E-state index contributed by atoms with van der Waals surface area (Å²) in [4.78, 5) is 0. The van der Waals surface area contributed by atoms with Gasteiger partial charge in [-0.1, -0.05) is 15.9 Å². The molecule has 0 aromatic rings. The van der Waals surface area contributed by atoms with Crippen LogP contribution >= 0.6 is 27.5 Å². The fourth-order valence-corrected chi connectivity index (χ4v) is 0.973. The van der Waals surface area contributed by atoms with Gasteiger partial charge in [0.05, 0.1) is 13.2 Å². The van der Waals surface area contributed by atoms with Crippen LogP contribution in [0.3, 0.4) is 0 Å². The van der Waals surface area contributed by atoms with E-state index < -0.39 is 0 Å². The molecule has 1 heterocycles. The second-order valence-electron chi connectivity index (χ2n) is 1.44. The first-order valence-electron chi connectivity index (χ1n) is 2.32. The van der Waals surface area contributed by atoms with Crippen molar-refractivity contribution < 1.29 is 9.47 Å². The van der Waals surface area contributed by atoms with E-state index >= 15 is 0 Å². The van der Waals surface area contributed by atoms with Gasteiger partial charge in [0.15, 0.2) is 6.29 Å². The van der Waals surface area contributed by atoms with Crippen LogP contribution in [0.2, 0.25) is 0 Å². The molecule has 48 valence electrons. The lowest BCUT2D eigenvalue weighted by atomic mass is 10.8. The van der Waals surface area contributed by atoms with Gasteiger partial charge in [-0.3, -0.25) is 0 Å². The summed E-state index contributed by atoms with van der Waals surface area (Å²) in [5.74, 6) is 0. The van der Waals surface area contributed by atoms with Gasteiger partial charge >= 0.3 is 0 Å². The summed E-state index contributed by atoms with van der Waals surface area (Å²) < 4.78 is 9.81. The van der Waals surface area contributed by atoms with Crippen molar-refractivity contribution in [3.05, 3.63) is 0 Å². The van der Waals surface area contributed by atoms with Gasteiger partial charge in [-0.2, -0.15) is 0 Å². The average molecular weight is 201 g/mol. The van der Waals surface area contributed by atoms with E-state index in [1.807, 2.05) is 0 Å². The van der Waals surface area contributed by atoms with Crippen molar-refractivity contribution in [2.24, 2.45) is 0 Å². The van der Waals surface area contributed by atoms with Crippen molar-refractivity contribution in [3.8, 4) is 0 Å². The molecule has 1 aliphatic rings. The lowest BCUT2D eigenvalue weighted by Crippen LogP contribution is -2.15. The molecule has 0 bridgehead atoms. The normalized spacial score (nSPS) is 26.2. The maximum atomic E-state index is 5.55. The molecule has 0 amide bonds. The molecule has 0 aliphatic carbocycles. The van der Waals surface area contributed by atoms with Crippen molar-refractivity contribution in [1.82, 2.24) is 0 Å². The van der Waals surface area contributed by atoms with Crippen molar-refractivity contribution >= 4 is 27.5 Å². The first-order chi connectivity index (χ1) is 3.80. The molecule has 1 rings (SSSR count). The molecule has 0 spiro atoms.